The minimum absolute atomic E-state index is 0.147. The molecular weight excluding hydrogens is 510 g/mol. The lowest BCUT2D eigenvalue weighted by atomic mass is 9.82. The second kappa shape index (κ2) is 10.5. The Morgan fingerprint density at radius 1 is 0.765 bits per heavy atom. The van der Waals surface area contributed by atoms with E-state index in [1.54, 1.807) is 48.5 Å². The second-order valence-corrected chi connectivity index (χ2v) is 10.6. The molecule has 4 nitrogen and oxygen atoms in total. The fraction of sp³-hybridized carbons (Fsp3) is 0.107. The maximum atomic E-state index is 13.9. The highest BCUT2D eigenvalue weighted by Crippen LogP contribution is 2.38. The summed E-state index contributed by atoms with van der Waals surface area (Å²) in [6.07, 6.45) is 0. The number of ketones is 1. The molecule has 0 amide bonds. The Morgan fingerprint density at radius 3 is 1.94 bits per heavy atom. The average Bonchev–Trinajstić information content (AvgIpc) is 2.85. The molecule has 1 N–H and O–H groups in total. The van der Waals surface area contributed by atoms with Crippen LogP contribution in [-0.2, 0) is 10.0 Å². The highest BCUT2D eigenvalue weighted by molar-refractivity contribution is 9.10. The van der Waals surface area contributed by atoms with Crippen molar-refractivity contribution in [3.05, 3.63) is 136 Å². The first-order valence-electron chi connectivity index (χ1n) is 10.8. The molecule has 0 aliphatic rings. The van der Waals surface area contributed by atoms with Gasteiger partial charge in [0.2, 0.25) is 10.0 Å². The summed E-state index contributed by atoms with van der Waals surface area (Å²) < 4.78 is 30.6. The first kappa shape index (κ1) is 24.1. The number of hydrogen-bond acceptors (Lipinski definition) is 3. The van der Waals surface area contributed by atoms with Crippen LogP contribution in [0.2, 0.25) is 0 Å². The lowest BCUT2D eigenvalue weighted by Gasteiger charge is -2.29. The van der Waals surface area contributed by atoms with Gasteiger partial charge < -0.3 is 0 Å². The number of benzene rings is 4. The molecular formula is C28H24BrNO3S. The van der Waals surface area contributed by atoms with Crippen LogP contribution in [0.3, 0.4) is 0 Å². The van der Waals surface area contributed by atoms with Crippen molar-refractivity contribution in [2.45, 2.75) is 23.8 Å². The van der Waals surface area contributed by atoms with E-state index in [2.05, 4.69) is 20.7 Å². The van der Waals surface area contributed by atoms with Crippen molar-refractivity contribution in [1.29, 1.82) is 0 Å². The normalized spacial score (nSPS) is 13.2. The zero-order chi connectivity index (χ0) is 24.1. The third-order valence-corrected chi connectivity index (χ3v) is 7.87. The van der Waals surface area contributed by atoms with Crippen LogP contribution < -0.4 is 4.72 Å². The standard InChI is InChI=1S/C28H24BrNO3S/c1-20-16-18-23(19-17-20)34(32,33)30-27(24-14-8-9-15-25(24)29)26(21-10-4-2-5-11-21)28(31)22-12-6-3-7-13-22/h2-19,26-27,30H,1H3/t26-,27+/m0/s1. The van der Waals surface area contributed by atoms with Gasteiger partial charge in [0.25, 0.3) is 0 Å². The Bertz CT molecular complexity index is 1370. The number of carbonyl (C=O) groups excluding carboxylic acids is 1. The lowest BCUT2D eigenvalue weighted by molar-refractivity contribution is 0.0944. The first-order chi connectivity index (χ1) is 16.4. The number of hydrogen-bond donors (Lipinski definition) is 1. The SMILES string of the molecule is Cc1ccc(S(=O)(=O)N[C@H](c2ccccc2Br)[C@@H](C(=O)c2ccccc2)c2ccccc2)cc1. The van der Waals surface area contributed by atoms with Gasteiger partial charge in [0.1, 0.15) is 0 Å². The molecule has 0 aliphatic heterocycles. The van der Waals surface area contributed by atoms with Gasteiger partial charge in [-0.1, -0.05) is 112 Å². The molecule has 4 aromatic carbocycles. The maximum absolute atomic E-state index is 13.9. The van der Waals surface area contributed by atoms with Crippen LogP contribution in [0.5, 0.6) is 0 Å². The van der Waals surface area contributed by atoms with E-state index in [0.717, 1.165) is 11.1 Å². The van der Waals surface area contributed by atoms with Crippen molar-refractivity contribution in [2.24, 2.45) is 0 Å². The van der Waals surface area contributed by atoms with Crippen LogP contribution in [0.25, 0.3) is 0 Å². The summed E-state index contributed by atoms with van der Waals surface area (Å²) in [5, 5.41) is 0. The van der Waals surface area contributed by atoms with Gasteiger partial charge in [0, 0.05) is 10.0 Å². The molecule has 0 fully saturated rings. The predicted octanol–water partition coefficient (Wildman–Crippen LogP) is 6.44. The monoisotopic (exact) mass is 533 g/mol. The van der Waals surface area contributed by atoms with Crippen molar-refractivity contribution in [2.75, 3.05) is 0 Å². The molecule has 0 heterocycles. The molecule has 34 heavy (non-hydrogen) atoms. The van der Waals surface area contributed by atoms with Gasteiger partial charge in [0.05, 0.1) is 16.9 Å². The van der Waals surface area contributed by atoms with Gasteiger partial charge in [-0.15, -0.1) is 0 Å². The summed E-state index contributed by atoms with van der Waals surface area (Å²) in [7, 11) is -3.93. The fourth-order valence-electron chi connectivity index (χ4n) is 3.93. The molecule has 0 spiro atoms. The maximum Gasteiger partial charge on any atom is 0.241 e. The summed E-state index contributed by atoms with van der Waals surface area (Å²) >= 11 is 3.57. The van der Waals surface area contributed by atoms with E-state index < -0.39 is 22.0 Å². The van der Waals surface area contributed by atoms with Crippen molar-refractivity contribution in [3.63, 3.8) is 0 Å². The van der Waals surface area contributed by atoms with Gasteiger partial charge in [-0.05, 0) is 36.2 Å². The van der Waals surface area contributed by atoms with Gasteiger partial charge in [-0.2, -0.15) is 0 Å². The number of sulfonamides is 1. The van der Waals surface area contributed by atoms with Crippen LogP contribution in [0.4, 0.5) is 0 Å². The van der Waals surface area contributed by atoms with Crippen molar-refractivity contribution in [3.8, 4) is 0 Å². The Morgan fingerprint density at radius 2 is 1.32 bits per heavy atom. The summed E-state index contributed by atoms with van der Waals surface area (Å²) in [5.41, 5.74) is 2.88. The van der Waals surface area contributed by atoms with E-state index >= 15 is 0 Å². The van der Waals surface area contributed by atoms with Gasteiger partial charge in [-0.3, -0.25) is 4.79 Å². The zero-order valence-corrected chi connectivity index (χ0v) is 21.0. The Hall–Kier alpha value is -3.06. The van der Waals surface area contributed by atoms with Crippen LogP contribution in [0.15, 0.2) is 119 Å². The van der Waals surface area contributed by atoms with E-state index in [4.69, 9.17) is 0 Å². The molecule has 0 aliphatic carbocycles. The first-order valence-corrected chi connectivity index (χ1v) is 13.1. The van der Waals surface area contributed by atoms with Crippen LogP contribution in [0.1, 0.15) is 39.0 Å². The van der Waals surface area contributed by atoms with Crippen LogP contribution >= 0.6 is 15.9 Å². The lowest BCUT2D eigenvalue weighted by Crippen LogP contribution is -2.36. The Kier molecular flexibility index (Phi) is 7.41. The van der Waals surface area contributed by atoms with E-state index in [9.17, 15) is 13.2 Å². The molecule has 0 saturated carbocycles. The third kappa shape index (κ3) is 5.36. The van der Waals surface area contributed by atoms with Gasteiger partial charge >= 0.3 is 0 Å². The largest absolute Gasteiger partial charge is 0.293 e. The van der Waals surface area contributed by atoms with Crippen molar-refractivity contribution >= 4 is 31.7 Å². The summed E-state index contributed by atoms with van der Waals surface area (Å²) in [5.74, 6) is -0.957. The Balaban J connectivity index is 1.88. The molecule has 172 valence electrons. The van der Waals surface area contributed by atoms with E-state index in [0.29, 0.717) is 15.6 Å². The van der Waals surface area contributed by atoms with Gasteiger partial charge in [0.15, 0.2) is 5.78 Å². The molecule has 4 aromatic rings. The van der Waals surface area contributed by atoms with Crippen molar-refractivity contribution in [1.82, 2.24) is 4.72 Å². The summed E-state index contributed by atoms with van der Waals surface area (Å²) in [6.45, 7) is 1.90. The van der Waals surface area contributed by atoms with E-state index in [-0.39, 0.29) is 10.7 Å². The highest BCUT2D eigenvalue weighted by atomic mass is 79.9. The smallest absolute Gasteiger partial charge is 0.241 e. The fourth-order valence-corrected chi connectivity index (χ4v) is 5.69. The number of carbonyl (C=O) groups is 1. The quantitative estimate of drug-likeness (QED) is 0.265. The van der Waals surface area contributed by atoms with E-state index in [1.165, 1.54) is 0 Å². The second-order valence-electron chi connectivity index (χ2n) is 8.05. The van der Waals surface area contributed by atoms with Crippen LogP contribution in [0, 0.1) is 6.92 Å². The molecule has 4 rings (SSSR count). The zero-order valence-electron chi connectivity index (χ0n) is 18.6. The number of nitrogens with one attached hydrogen (secondary N) is 1. The number of rotatable bonds is 8. The number of halogens is 1. The molecule has 6 heteroatoms. The molecule has 0 saturated heterocycles. The summed E-state index contributed by atoms with van der Waals surface area (Å²) in [4.78, 5) is 14.0. The molecule has 0 radical (unpaired) electrons. The van der Waals surface area contributed by atoms with Crippen molar-refractivity contribution < 1.29 is 13.2 Å². The minimum atomic E-state index is -3.93. The average molecular weight is 534 g/mol. The highest BCUT2D eigenvalue weighted by Gasteiger charge is 2.36. The molecule has 0 aromatic heterocycles. The topological polar surface area (TPSA) is 63.2 Å². The number of Topliss-reactive ketones (excluding diaryl/α,β-unsaturated/α-hetero) is 1. The molecule has 2 atom stereocenters. The van der Waals surface area contributed by atoms with Gasteiger partial charge in [-0.25, -0.2) is 13.1 Å². The minimum Gasteiger partial charge on any atom is -0.293 e. The molecule has 0 bridgehead atoms. The number of aryl methyl sites for hydroxylation is 1. The third-order valence-electron chi connectivity index (χ3n) is 5.69. The van der Waals surface area contributed by atoms with E-state index in [1.807, 2.05) is 67.6 Å². The Labute approximate surface area is 208 Å². The summed E-state index contributed by atoms with van der Waals surface area (Å²) in [6, 6.07) is 31.4. The predicted molar refractivity (Wildman–Crippen MR) is 138 cm³/mol. The molecule has 0 unspecified atom stereocenters. The van der Waals surface area contributed by atoms with Crippen LogP contribution in [-0.4, -0.2) is 14.2 Å².